The standard InChI is InChI=1S/C20H30ClN3O2/c1-3-24-18(14-7-9-16(21)10-8-14)15(11-20(24,2)13-25)12-22-19(26)23-17-5-4-6-17/h7-10,15,17-18,25H,3-6,11-13H2,1-2H3,(H2,22,23,26)/t15-,18+,20+/m1/s1. The van der Waals surface area contributed by atoms with Crippen LogP contribution in [0.1, 0.15) is 51.1 Å². The number of carbonyl (C=O) groups is 1. The SMILES string of the molecule is CCN1[C@@H](c2ccc(Cl)cc2)[C@@H](CNC(=O)NC2CCC2)C[C@@]1(C)CO. The summed E-state index contributed by atoms with van der Waals surface area (Å²) in [7, 11) is 0. The number of halogens is 1. The number of nitrogens with zero attached hydrogens (tertiary/aromatic N) is 1. The average Bonchev–Trinajstić information content (AvgIpc) is 2.89. The van der Waals surface area contributed by atoms with Crippen molar-refractivity contribution < 1.29 is 9.90 Å². The molecule has 6 heteroatoms. The molecule has 3 N–H and O–H groups in total. The van der Waals surface area contributed by atoms with E-state index in [1.54, 1.807) is 0 Å². The third-order valence-electron chi connectivity index (χ3n) is 6.04. The van der Waals surface area contributed by atoms with Crippen LogP contribution in [0.25, 0.3) is 0 Å². The molecule has 2 fully saturated rings. The number of carbonyl (C=O) groups excluding carboxylic acids is 1. The first-order valence-corrected chi connectivity index (χ1v) is 10.0. The average molecular weight is 380 g/mol. The quantitative estimate of drug-likeness (QED) is 0.710. The molecule has 0 bridgehead atoms. The van der Waals surface area contributed by atoms with Gasteiger partial charge in [0.1, 0.15) is 0 Å². The molecule has 0 unspecified atom stereocenters. The number of likely N-dealkylation sites (N-methyl/N-ethyl adjacent to an activating group) is 1. The number of urea groups is 1. The van der Waals surface area contributed by atoms with E-state index >= 15 is 0 Å². The van der Waals surface area contributed by atoms with Crippen LogP contribution in [0.15, 0.2) is 24.3 Å². The molecule has 5 nitrogen and oxygen atoms in total. The minimum atomic E-state index is -0.282. The molecule has 144 valence electrons. The zero-order valence-electron chi connectivity index (χ0n) is 15.7. The van der Waals surface area contributed by atoms with Crippen LogP contribution >= 0.6 is 11.6 Å². The number of aliphatic hydroxyl groups excluding tert-OH is 1. The van der Waals surface area contributed by atoms with Crippen molar-refractivity contribution in [3.63, 3.8) is 0 Å². The van der Waals surface area contributed by atoms with Gasteiger partial charge in [0.2, 0.25) is 0 Å². The van der Waals surface area contributed by atoms with Crippen LogP contribution < -0.4 is 10.6 Å². The fourth-order valence-corrected chi connectivity index (χ4v) is 4.55. The maximum Gasteiger partial charge on any atom is 0.315 e. The predicted molar refractivity (Wildman–Crippen MR) is 104 cm³/mol. The lowest BCUT2D eigenvalue weighted by Crippen LogP contribution is -2.46. The summed E-state index contributed by atoms with van der Waals surface area (Å²) in [6.45, 7) is 5.77. The van der Waals surface area contributed by atoms with Crippen molar-refractivity contribution in [3.05, 3.63) is 34.9 Å². The van der Waals surface area contributed by atoms with Crippen LogP contribution in [-0.4, -0.2) is 47.3 Å². The summed E-state index contributed by atoms with van der Waals surface area (Å²) < 4.78 is 0. The Bertz CT molecular complexity index is 620. The third-order valence-corrected chi connectivity index (χ3v) is 6.29. The highest BCUT2D eigenvalue weighted by Gasteiger charge is 2.48. The molecule has 26 heavy (non-hydrogen) atoms. The molecule has 1 heterocycles. The number of nitrogens with one attached hydrogen (secondary N) is 2. The van der Waals surface area contributed by atoms with E-state index in [4.69, 9.17) is 11.6 Å². The Balaban J connectivity index is 1.73. The van der Waals surface area contributed by atoms with Crippen LogP contribution in [0.2, 0.25) is 5.02 Å². The van der Waals surface area contributed by atoms with E-state index in [9.17, 15) is 9.90 Å². The van der Waals surface area contributed by atoms with Crippen LogP contribution in [-0.2, 0) is 0 Å². The van der Waals surface area contributed by atoms with Crippen molar-refractivity contribution in [2.24, 2.45) is 5.92 Å². The Labute approximate surface area is 161 Å². The summed E-state index contributed by atoms with van der Waals surface area (Å²) in [6, 6.07) is 8.34. The second kappa shape index (κ2) is 8.15. The summed E-state index contributed by atoms with van der Waals surface area (Å²) in [6.07, 6.45) is 4.20. The maximum atomic E-state index is 12.2. The Morgan fingerprint density at radius 2 is 2.04 bits per heavy atom. The van der Waals surface area contributed by atoms with E-state index in [1.807, 2.05) is 12.1 Å². The summed E-state index contributed by atoms with van der Waals surface area (Å²) in [4.78, 5) is 14.5. The Hall–Kier alpha value is -1.30. The van der Waals surface area contributed by atoms with E-state index in [0.717, 1.165) is 25.8 Å². The van der Waals surface area contributed by atoms with Gasteiger partial charge in [-0.25, -0.2) is 4.79 Å². The van der Waals surface area contributed by atoms with Gasteiger partial charge in [0, 0.05) is 29.2 Å². The van der Waals surface area contributed by atoms with Gasteiger partial charge >= 0.3 is 6.03 Å². The maximum absolute atomic E-state index is 12.2. The van der Waals surface area contributed by atoms with E-state index in [-0.39, 0.29) is 30.1 Å². The summed E-state index contributed by atoms with van der Waals surface area (Å²) >= 11 is 6.06. The first-order chi connectivity index (χ1) is 12.5. The first-order valence-electron chi connectivity index (χ1n) is 9.64. The van der Waals surface area contributed by atoms with Gasteiger partial charge in [-0.15, -0.1) is 0 Å². The second-order valence-electron chi connectivity index (χ2n) is 7.88. The molecule has 1 aliphatic heterocycles. The van der Waals surface area contributed by atoms with E-state index < -0.39 is 0 Å². The minimum Gasteiger partial charge on any atom is -0.394 e. The molecule has 2 aliphatic rings. The van der Waals surface area contributed by atoms with Crippen molar-refractivity contribution in [2.45, 2.75) is 57.2 Å². The molecule has 1 aromatic carbocycles. The second-order valence-corrected chi connectivity index (χ2v) is 8.32. The fraction of sp³-hybridized carbons (Fsp3) is 0.650. The summed E-state index contributed by atoms with van der Waals surface area (Å²) in [5.41, 5.74) is 0.898. The highest BCUT2D eigenvalue weighted by molar-refractivity contribution is 6.30. The number of rotatable bonds is 6. The molecule has 1 aromatic rings. The van der Waals surface area contributed by atoms with Crippen molar-refractivity contribution in [1.29, 1.82) is 0 Å². The highest BCUT2D eigenvalue weighted by atomic mass is 35.5. The first kappa shape index (κ1) is 19.5. The van der Waals surface area contributed by atoms with Crippen LogP contribution in [0, 0.1) is 5.92 Å². The molecule has 2 amide bonds. The normalized spacial score (nSPS) is 29.4. The van der Waals surface area contributed by atoms with Gasteiger partial charge in [0.15, 0.2) is 0 Å². The molecule has 3 rings (SSSR count). The smallest absolute Gasteiger partial charge is 0.315 e. The number of likely N-dealkylation sites (tertiary alicyclic amines) is 1. The van der Waals surface area contributed by atoms with E-state index in [1.165, 1.54) is 12.0 Å². The van der Waals surface area contributed by atoms with Crippen molar-refractivity contribution in [2.75, 3.05) is 19.7 Å². The van der Waals surface area contributed by atoms with Gasteiger partial charge in [-0.05, 0) is 62.8 Å². The van der Waals surface area contributed by atoms with Crippen LogP contribution in [0.5, 0.6) is 0 Å². The number of amides is 2. The Morgan fingerprint density at radius 3 is 2.58 bits per heavy atom. The monoisotopic (exact) mass is 379 g/mol. The van der Waals surface area contributed by atoms with Gasteiger partial charge in [-0.1, -0.05) is 30.7 Å². The van der Waals surface area contributed by atoms with Gasteiger partial charge < -0.3 is 15.7 Å². The molecular weight excluding hydrogens is 350 g/mol. The molecule has 1 saturated heterocycles. The molecule has 1 aliphatic carbocycles. The summed E-state index contributed by atoms with van der Waals surface area (Å²) in [5.74, 6) is 0.236. The lowest BCUT2D eigenvalue weighted by molar-refractivity contribution is 0.0579. The summed E-state index contributed by atoms with van der Waals surface area (Å²) in [5, 5.41) is 16.8. The molecular formula is C20H30ClN3O2. The Morgan fingerprint density at radius 1 is 1.35 bits per heavy atom. The van der Waals surface area contributed by atoms with E-state index in [2.05, 4.69) is 41.5 Å². The molecule has 0 radical (unpaired) electrons. The zero-order valence-corrected chi connectivity index (χ0v) is 16.4. The lowest BCUT2D eigenvalue weighted by atomic mass is 9.90. The van der Waals surface area contributed by atoms with Gasteiger partial charge in [0.05, 0.1) is 6.61 Å². The highest BCUT2D eigenvalue weighted by Crippen LogP contribution is 2.46. The molecule has 0 aromatic heterocycles. The number of benzene rings is 1. The fourth-order valence-electron chi connectivity index (χ4n) is 4.43. The van der Waals surface area contributed by atoms with Crippen molar-refractivity contribution in [1.82, 2.24) is 15.5 Å². The van der Waals surface area contributed by atoms with Crippen LogP contribution in [0.3, 0.4) is 0 Å². The predicted octanol–water partition coefficient (Wildman–Crippen LogP) is 3.33. The lowest BCUT2D eigenvalue weighted by Gasteiger charge is -2.37. The molecule has 3 atom stereocenters. The Kier molecular flexibility index (Phi) is 6.10. The third kappa shape index (κ3) is 4.00. The molecule has 1 saturated carbocycles. The van der Waals surface area contributed by atoms with Crippen molar-refractivity contribution in [3.8, 4) is 0 Å². The number of hydrogen-bond acceptors (Lipinski definition) is 3. The molecule has 0 spiro atoms. The number of hydrogen-bond donors (Lipinski definition) is 3. The largest absolute Gasteiger partial charge is 0.394 e. The topological polar surface area (TPSA) is 64.6 Å². The van der Waals surface area contributed by atoms with Crippen molar-refractivity contribution >= 4 is 17.6 Å². The van der Waals surface area contributed by atoms with Crippen LogP contribution in [0.4, 0.5) is 4.79 Å². The van der Waals surface area contributed by atoms with Gasteiger partial charge in [-0.2, -0.15) is 0 Å². The zero-order chi connectivity index (χ0) is 18.7. The minimum absolute atomic E-state index is 0.0785. The van der Waals surface area contributed by atoms with Gasteiger partial charge in [0.25, 0.3) is 0 Å². The number of aliphatic hydroxyl groups is 1. The van der Waals surface area contributed by atoms with Gasteiger partial charge in [-0.3, -0.25) is 4.90 Å². The van der Waals surface area contributed by atoms with E-state index in [0.29, 0.717) is 17.6 Å².